The van der Waals surface area contributed by atoms with Crippen molar-refractivity contribution in [2.75, 3.05) is 19.8 Å². The summed E-state index contributed by atoms with van der Waals surface area (Å²) < 4.78 is 5.74. The number of primary amides is 1. The Morgan fingerprint density at radius 3 is 2.32 bits per heavy atom. The van der Waals surface area contributed by atoms with Gasteiger partial charge in [0.2, 0.25) is 5.78 Å². The highest BCUT2D eigenvalue weighted by Crippen LogP contribution is 2.56. The van der Waals surface area contributed by atoms with E-state index in [1.165, 1.54) is 38.1 Å². The first-order valence-corrected chi connectivity index (χ1v) is 11.7. The average molecular weight is 516 g/mol. The van der Waals surface area contributed by atoms with Gasteiger partial charge in [-0.15, -0.1) is 0 Å². The number of hydrogen-bond acceptors (Lipinski definition) is 11. The van der Waals surface area contributed by atoms with Crippen molar-refractivity contribution in [2.24, 2.45) is 17.6 Å². The quantitative estimate of drug-likeness (QED) is 0.138. The summed E-state index contributed by atoms with van der Waals surface area (Å²) in [6.07, 6.45) is -1.52. The zero-order valence-electron chi connectivity index (χ0n) is 20.7. The summed E-state index contributed by atoms with van der Waals surface area (Å²) in [5, 5.41) is 44.9. The van der Waals surface area contributed by atoms with Crippen molar-refractivity contribution < 1.29 is 44.3 Å². The number of aliphatic hydroxyl groups is 3. The molecule has 37 heavy (non-hydrogen) atoms. The summed E-state index contributed by atoms with van der Waals surface area (Å²) >= 11 is 0. The Morgan fingerprint density at radius 1 is 1.16 bits per heavy atom. The molecule has 6 atom stereocenters. The minimum Gasteiger partial charge on any atom is -0.510 e. The number of rotatable bonds is 4. The lowest BCUT2D eigenvalue weighted by molar-refractivity contribution is -0.180. The monoisotopic (exact) mass is 515 g/mol. The van der Waals surface area contributed by atoms with Gasteiger partial charge in [0, 0.05) is 17.9 Å². The number of carbonyl (C=O) groups excluding carboxylic acids is 4. The van der Waals surface area contributed by atoms with Crippen LogP contribution in [0.5, 0.6) is 5.75 Å². The number of nitrogens with two attached hydrogens (primary N) is 2. The molecule has 3 aliphatic rings. The number of aliphatic hydroxyl groups excluding tert-OH is 2. The van der Waals surface area contributed by atoms with Gasteiger partial charge in [0.05, 0.1) is 23.2 Å². The van der Waals surface area contributed by atoms with Crippen LogP contribution in [0.15, 0.2) is 34.8 Å². The summed E-state index contributed by atoms with van der Waals surface area (Å²) in [6.45, 7) is 3.19. The number of aromatic hydroxyl groups is 1. The summed E-state index contributed by atoms with van der Waals surface area (Å²) in [5.74, 6) is -10.2. The highest BCUT2D eigenvalue weighted by Gasteiger charge is 2.68. The van der Waals surface area contributed by atoms with Crippen LogP contribution in [-0.4, -0.2) is 80.6 Å². The molecule has 0 saturated carbocycles. The molecule has 1 aromatic rings. The number of carbonyl (C=O) groups is 4. The molecule has 12 heteroatoms. The second-order valence-electron chi connectivity index (χ2n) is 9.84. The van der Waals surface area contributed by atoms with Gasteiger partial charge in [0.15, 0.2) is 11.4 Å². The Balaban J connectivity index is 2.12. The Hall–Kier alpha value is -3.90. The Bertz CT molecular complexity index is 1310. The minimum absolute atomic E-state index is 0.0927. The number of phenols is 1. The van der Waals surface area contributed by atoms with Crippen LogP contribution in [0.3, 0.4) is 0 Å². The smallest absolute Gasteiger partial charge is 0.305 e. The molecule has 0 heterocycles. The minimum atomic E-state index is -2.97. The first-order chi connectivity index (χ1) is 17.2. The lowest BCUT2D eigenvalue weighted by Crippen LogP contribution is -2.69. The van der Waals surface area contributed by atoms with E-state index in [-0.39, 0.29) is 17.7 Å². The number of amides is 1. The maximum atomic E-state index is 13.7. The van der Waals surface area contributed by atoms with Gasteiger partial charge in [-0.1, -0.05) is 19.9 Å². The van der Waals surface area contributed by atoms with E-state index >= 15 is 0 Å². The fourth-order valence-electron chi connectivity index (χ4n) is 5.99. The molecule has 8 N–H and O–H groups in total. The SMILES string of the molecule is CCC(=O)O[C@@H]1[C@H]2[C@H](N(C)C)C(O)=C(C(N)=O)C(=O)[C@@]2(O)C(O)=C2C(=O)c3c(ccc(N)c3O)C(C)[C@H]21. The lowest BCUT2D eigenvalue weighted by atomic mass is 9.55. The van der Waals surface area contributed by atoms with Crippen LogP contribution < -0.4 is 11.5 Å². The maximum Gasteiger partial charge on any atom is 0.305 e. The van der Waals surface area contributed by atoms with E-state index in [0.717, 1.165) is 0 Å². The Kier molecular flexibility index (Phi) is 6.08. The highest BCUT2D eigenvalue weighted by molar-refractivity contribution is 6.25. The number of benzene rings is 1. The number of hydrogen-bond donors (Lipinski definition) is 6. The van der Waals surface area contributed by atoms with Gasteiger partial charge in [0.25, 0.3) is 5.91 Å². The van der Waals surface area contributed by atoms with Gasteiger partial charge in [-0.05, 0) is 31.6 Å². The predicted molar refractivity (Wildman–Crippen MR) is 128 cm³/mol. The van der Waals surface area contributed by atoms with E-state index in [9.17, 15) is 39.6 Å². The molecule has 0 bridgehead atoms. The van der Waals surface area contributed by atoms with Crippen LogP contribution in [0.4, 0.5) is 5.69 Å². The van der Waals surface area contributed by atoms with E-state index in [1.54, 1.807) is 6.92 Å². The second kappa shape index (κ2) is 8.60. The van der Waals surface area contributed by atoms with Crippen molar-refractivity contribution >= 4 is 29.1 Å². The number of ketones is 2. The molecule has 198 valence electrons. The Labute approximate surface area is 211 Å². The number of Topliss-reactive ketones (excluding diaryl/α,β-unsaturated/α-hetero) is 2. The summed E-state index contributed by atoms with van der Waals surface area (Å²) in [4.78, 5) is 53.4. The molecule has 1 amide bonds. The fraction of sp³-hybridized carbons (Fsp3) is 0.440. The second-order valence-corrected chi connectivity index (χ2v) is 9.84. The van der Waals surface area contributed by atoms with Crippen LogP contribution >= 0.6 is 0 Å². The van der Waals surface area contributed by atoms with E-state index in [4.69, 9.17) is 16.2 Å². The number of nitrogen functional groups attached to an aromatic ring is 1. The van der Waals surface area contributed by atoms with E-state index in [0.29, 0.717) is 5.56 Å². The predicted octanol–water partition coefficient (Wildman–Crippen LogP) is 0.196. The third-order valence-corrected chi connectivity index (χ3v) is 7.69. The number of ether oxygens (including phenoxy) is 1. The van der Waals surface area contributed by atoms with E-state index < -0.39 is 87.4 Å². The molecule has 0 radical (unpaired) electrons. The summed E-state index contributed by atoms with van der Waals surface area (Å²) in [7, 11) is 2.96. The van der Waals surface area contributed by atoms with Gasteiger partial charge in [-0.25, -0.2) is 0 Å². The van der Waals surface area contributed by atoms with Gasteiger partial charge in [0.1, 0.15) is 28.9 Å². The number of likely N-dealkylation sites (N-methyl/N-ethyl adjacent to an activating group) is 1. The molecular formula is C25H29N3O9. The molecular weight excluding hydrogens is 486 g/mol. The first-order valence-electron chi connectivity index (χ1n) is 11.7. The zero-order chi connectivity index (χ0) is 27.7. The van der Waals surface area contributed by atoms with Crippen molar-refractivity contribution in [1.82, 2.24) is 4.90 Å². The van der Waals surface area contributed by atoms with Gasteiger partial charge < -0.3 is 36.6 Å². The number of phenolic OH excluding ortho intramolecular Hbond substituents is 1. The van der Waals surface area contributed by atoms with Crippen LogP contribution in [-0.2, 0) is 19.1 Å². The van der Waals surface area contributed by atoms with Crippen LogP contribution in [0.2, 0.25) is 0 Å². The van der Waals surface area contributed by atoms with Crippen LogP contribution in [0.1, 0.15) is 42.1 Å². The number of fused-ring (bicyclic) bond motifs is 3. The standard InChI is InChI=1S/C25H29N3O9/c1-5-11(29)37-21-12-8(2)9-6-7-10(26)18(30)13(9)19(31)14(12)22(33)25(36)16(21)17(28(3)4)20(32)15(23(25)34)24(27)35/h6-8,12,16-17,21,30,32-33,36H,5,26H2,1-4H3,(H2,27,35)/t8?,12-,16-,17+,21+,25+/m1/s1. The number of nitrogens with zero attached hydrogens (tertiary/aromatic N) is 1. The average Bonchev–Trinajstić information content (AvgIpc) is 2.82. The van der Waals surface area contributed by atoms with Gasteiger partial charge >= 0.3 is 5.97 Å². The fourth-order valence-corrected chi connectivity index (χ4v) is 5.99. The molecule has 12 nitrogen and oxygen atoms in total. The normalized spacial score (nSPS) is 31.1. The lowest BCUT2D eigenvalue weighted by Gasteiger charge is -2.54. The zero-order valence-corrected chi connectivity index (χ0v) is 20.7. The molecule has 3 aliphatic carbocycles. The molecule has 4 rings (SSSR count). The molecule has 1 unspecified atom stereocenters. The number of esters is 1. The third kappa shape index (κ3) is 3.36. The summed E-state index contributed by atoms with van der Waals surface area (Å²) in [6, 6.07) is 1.60. The van der Waals surface area contributed by atoms with Gasteiger partial charge in [-0.2, -0.15) is 0 Å². The van der Waals surface area contributed by atoms with E-state index in [2.05, 4.69) is 0 Å². The molecule has 0 aromatic heterocycles. The van der Waals surface area contributed by atoms with Crippen LogP contribution in [0.25, 0.3) is 0 Å². The third-order valence-electron chi connectivity index (χ3n) is 7.69. The largest absolute Gasteiger partial charge is 0.510 e. The van der Waals surface area contributed by atoms with Crippen LogP contribution in [0, 0.1) is 11.8 Å². The Morgan fingerprint density at radius 2 is 1.78 bits per heavy atom. The highest BCUT2D eigenvalue weighted by atomic mass is 16.5. The molecule has 1 aromatic carbocycles. The maximum absolute atomic E-state index is 13.7. The first kappa shape index (κ1) is 26.2. The molecule has 0 fully saturated rings. The van der Waals surface area contributed by atoms with Crippen molar-refractivity contribution in [2.45, 2.75) is 43.9 Å². The van der Waals surface area contributed by atoms with Crippen molar-refractivity contribution in [1.29, 1.82) is 0 Å². The van der Waals surface area contributed by atoms with Crippen molar-refractivity contribution in [3.63, 3.8) is 0 Å². The van der Waals surface area contributed by atoms with Crippen molar-refractivity contribution in [3.05, 3.63) is 45.9 Å². The number of anilines is 1. The molecule has 0 saturated heterocycles. The molecule has 0 spiro atoms. The van der Waals surface area contributed by atoms with E-state index in [1.807, 2.05) is 0 Å². The van der Waals surface area contributed by atoms with Crippen molar-refractivity contribution in [3.8, 4) is 5.75 Å². The topological polar surface area (TPSA) is 214 Å². The molecule has 0 aliphatic heterocycles. The summed E-state index contributed by atoms with van der Waals surface area (Å²) in [5.41, 5.74) is 6.77. The van der Waals surface area contributed by atoms with Gasteiger partial charge in [-0.3, -0.25) is 24.1 Å².